The molecule has 0 radical (unpaired) electrons. The Labute approximate surface area is 174 Å². The Morgan fingerprint density at radius 2 is 1.90 bits per heavy atom. The Hall–Kier alpha value is -3.67. The lowest BCUT2D eigenvalue weighted by atomic mass is 9.97. The number of benzene rings is 2. The summed E-state index contributed by atoms with van der Waals surface area (Å²) >= 11 is 0. The van der Waals surface area contributed by atoms with Gasteiger partial charge in [0.15, 0.2) is 17.2 Å². The van der Waals surface area contributed by atoms with E-state index >= 15 is 0 Å². The van der Waals surface area contributed by atoms with Crippen molar-refractivity contribution in [3.8, 4) is 11.5 Å². The highest BCUT2D eigenvalue weighted by Gasteiger charge is 2.45. The van der Waals surface area contributed by atoms with Crippen molar-refractivity contribution in [3.05, 3.63) is 82.9 Å². The van der Waals surface area contributed by atoms with Crippen LogP contribution in [0.25, 0.3) is 6.20 Å². The summed E-state index contributed by atoms with van der Waals surface area (Å²) in [5.74, 6) is 2.23. The number of carbonyl (C=O) groups excluding carboxylic acids is 1. The zero-order valence-corrected chi connectivity index (χ0v) is 17.1. The molecule has 5 rings (SSSR count). The predicted octanol–water partition coefficient (Wildman–Crippen LogP) is 3.63. The summed E-state index contributed by atoms with van der Waals surface area (Å²) < 4.78 is 14.9. The van der Waals surface area contributed by atoms with E-state index in [2.05, 4.69) is 9.55 Å². The molecule has 2 aliphatic rings. The minimum atomic E-state index is -0.240. The first kappa shape index (κ1) is 18.4. The number of allylic oxidation sites excluding steroid dienone is 1. The number of carbonyl (C=O) groups is 1. The Morgan fingerprint density at radius 3 is 2.70 bits per heavy atom. The summed E-state index contributed by atoms with van der Waals surface area (Å²) in [7, 11) is 3.24. The highest BCUT2D eigenvalue weighted by molar-refractivity contribution is 6.03. The molecule has 6 heteroatoms. The van der Waals surface area contributed by atoms with Crippen LogP contribution >= 0.6 is 0 Å². The van der Waals surface area contributed by atoms with Crippen molar-refractivity contribution in [3.63, 3.8) is 0 Å². The van der Waals surface area contributed by atoms with Crippen LogP contribution in [0.4, 0.5) is 0 Å². The molecule has 2 aromatic carbocycles. The van der Waals surface area contributed by atoms with Gasteiger partial charge in [-0.1, -0.05) is 18.2 Å². The molecule has 0 unspecified atom stereocenters. The van der Waals surface area contributed by atoms with Crippen molar-refractivity contribution in [1.29, 1.82) is 0 Å². The Balaban J connectivity index is 1.70. The van der Waals surface area contributed by atoms with E-state index in [0.717, 1.165) is 33.9 Å². The SMILES string of the molecule is COc1ccc([C@H]2c3ccccc3C(=O)[N+]2=C2C=Cn3c(C)cnc3C2)cc1OC. The van der Waals surface area contributed by atoms with Crippen LogP contribution in [0.1, 0.15) is 39.0 Å². The third-order valence-corrected chi connectivity index (χ3v) is 5.81. The Bertz CT molecular complexity index is 1240. The predicted molar refractivity (Wildman–Crippen MR) is 113 cm³/mol. The van der Waals surface area contributed by atoms with Gasteiger partial charge in [0.05, 0.1) is 20.6 Å². The highest BCUT2D eigenvalue weighted by atomic mass is 16.5. The van der Waals surface area contributed by atoms with Crippen LogP contribution < -0.4 is 9.47 Å². The van der Waals surface area contributed by atoms with Gasteiger partial charge >= 0.3 is 5.91 Å². The first-order valence-electron chi connectivity index (χ1n) is 9.83. The van der Waals surface area contributed by atoms with Crippen LogP contribution in [0.2, 0.25) is 0 Å². The van der Waals surface area contributed by atoms with E-state index in [1.807, 2.05) is 72.4 Å². The van der Waals surface area contributed by atoms with Crippen LogP contribution in [0, 0.1) is 6.92 Å². The van der Waals surface area contributed by atoms with E-state index in [-0.39, 0.29) is 11.9 Å². The molecule has 6 nitrogen and oxygen atoms in total. The molecule has 1 amide bonds. The van der Waals surface area contributed by atoms with Crippen molar-refractivity contribution in [2.45, 2.75) is 19.4 Å². The van der Waals surface area contributed by atoms with E-state index in [0.29, 0.717) is 17.9 Å². The summed E-state index contributed by atoms with van der Waals surface area (Å²) in [6, 6.07) is 13.4. The molecule has 0 spiro atoms. The summed E-state index contributed by atoms with van der Waals surface area (Å²) in [6.45, 7) is 2.02. The number of fused-ring (bicyclic) bond motifs is 2. The fourth-order valence-corrected chi connectivity index (χ4v) is 4.34. The second kappa shape index (κ2) is 6.99. The largest absolute Gasteiger partial charge is 0.493 e. The molecule has 3 aromatic rings. The molecular weight excluding hydrogens is 378 g/mol. The van der Waals surface area contributed by atoms with Crippen molar-refractivity contribution < 1.29 is 18.8 Å². The molecule has 0 bridgehead atoms. The van der Waals surface area contributed by atoms with Crippen molar-refractivity contribution in [2.24, 2.45) is 0 Å². The molecular formula is C24H22N3O3+. The number of hydrogen-bond donors (Lipinski definition) is 0. The first-order valence-corrected chi connectivity index (χ1v) is 9.83. The maximum Gasteiger partial charge on any atom is 0.421 e. The molecule has 1 aromatic heterocycles. The van der Waals surface area contributed by atoms with Crippen LogP contribution in [-0.4, -0.2) is 40.0 Å². The van der Waals surface area contributed by atoms with E-state index in [4.69, 9.17) is 9.47 Å². The summed E-state index contributed by atoms with van der Waals surface area (Å²) in [4.78, 5) is 18.0. The summed E-state index contributed by atoms with van der Waals surface area (Å²) in [5.41, 5.74) is 4.68. The fraction of sp³-hybridized carbons (Fsp3) is 0.208. The number of nitrogens with zero attached hydrogens (tertiary/aromatic N) is 3. The number of methoxy groups -OCH3 is 2. The van der Waals surface area contributed by atoms with Crippen molar-refractivity contribution in [2.75, 3.05) is 14.2 Å². The molecule has 1 atom stereocenters. The van der Waals surface area contributed by atoms with Gasteiger partial charge < -0.3 is 14.0 Å². The number of aryl methyl sites for hydroxylation is 1. The maximum absolute atomic E-state index is 13.5. The third-order valence-electron chi connectivity index (χ3n) is 5.81. The molecule has 0 aliphatic carbocycles. The van der Waals surface area contributed by atoms with Crippen LogP contribution in [0.15, 0.2) is 54.7 Å². The molecule has 0 saturated heterocycles. The van der Waals surface area contributed by atoms with Crippen molar-refractivity contribution in [1.82, 2.24) is 9.55 Å². The minimum Gasteiger partial charge on any atom is -0.493 e. The zero-order chi connectivity index (χ0) is 20.8. The zero-order valence-electron chi connectivity index (χ0n) is 17.1. The standard InChI is InChI=1S/C24H22N3O3/c1-15-14-25-22-13-17(10-11-26(15)22)27-23(18-6-4-5-7-19(18)24(27)28)16-8-9-20(29-2)21(12-16)30-3/h4-12,14,23H,13H2,1-3H3/q+1/t23-/m0/s1. The lowest BCUT2D eigenvalue weighted by Gasteiger charge is -2.15. The Kier molecular flexibility index (Phi) is 4.28. The quantitative estimate of drug-likeness (QED) is 0.630. The van der Waals surface area contributed by atoms with Gasteiger partial charge in [0, 0.05) is 35.3 Å². The third kappa shape index (κ3) is 2.68. The van der Waals surface area contributed by atoms with E-state index in [1.165, 1.54) is 0 Å². The smallest absolute Gasteiger partial charge is 0.421 e. The van der Waals surface area contributed by atoms with E-state index in [1.54, 1.807) is 14.2 Å². The minimum absolute atomic E-state index is 0.00163. The molecule has 0 N–H and O–H groups in total. The second-order valence-corrected chi connectivity index (χ2v) is 7.45. The van der Waals surface area contributed by atoms with Gasteiger partial charge in [0.25, 0.3) is 0 Å². The molecule has 2 aliphatic heterocycles. The number of amides is 1. The van der Waals surface area contributed by atoms with Gasteiger partial charge in [-0.2, -0.15) is 0 Å². The number of aromatic nitrogens is 2. The van der Waals surface area contributed by atoms with E-state index in [9.17, 15) is 4.79 Å². The second-order valence-electron chi connectivity index (χ2n) is 7.45. The van der Waals surface area contributed by atoms with Gasteiger partial charge in [-0.3, -0.25) is 0 Å². The fourth-order valence-electron chi connectivity index (χ4n) is 4.34. The van der Waals surface area contributed by atoms with Crippen LogP contribution in [0.5, 0.6) is 11.5 Å². The lowest BCUT2D eigenvalue weighted by Crippen LogP contribution is -2.28. The first-order chi connectivity index (χ1) is 14.6. The van der Waals surface area contributed by atoms with Gasteiger partial charge in [0.1, 0.15) is 11.4 Å². The summed E-state index contributed by atoms with van der Waals surface area (Å²) in [5, 5.41) is 0. The topological polar surface area (TPSA) is 56.4 Å². The maximum atomic E-state index is 13.5. The molecule has 30 heavy (non-hydrogen) atoms. The van der Waals surface area contributed by atoms with Gasteiger partial charge in [-0.25, -0.2) is 9.78 Å². The van der Waals surface area contributed by atoms with Crippen molar-refractivity contribution >= 4 is 17.8 Å². The van der Waals surface area contributed by atoms with Crippen LogP contribution in [-0.2, 0) is 6.42 Å². The average Bonchev–Trinajstić information content (AvgIpc) is 3.30. The monoisotopic (exact) mass is 400 g/mol. The van der Waals surface area contributed by atoms with Gasteiger partial charge in [-0.15, -0.1) is 4.58 Å². The van der Waals surface area contributed by atoms with Crippen LogP contribution in [0.3, 0.4) is 0 Å². The summed E-state index contributed by atoms with van der Waals surface area (Å²) in [6.07, 6.45) is 6.44. The average molecular weight is 400 g/mol. The lowest BCUT2D eigenvalue weighted by molar-refractivity contribution is -0.458. The molecule has 0 saturated carbocycles. The van der Waals surface area contributed by atoms with Gasteiger partial charge in [-0.05, 0) is 31.2 Å². The number of rotatable bonds is 3. The molecule has 0 fully saturated rings. The normalized spacial score (nSPS) is 19.6. The molecule has 3 heterocycles. The number of imidazole rings is 1. The number of hydrogen-bond acceptors (Lipinski definition) is 4. The Morgan fingerprint density at radius 1 is 1.10 bits per heavy atom. The van der Waals surface area contributed by atoms with Gasteiger partial charge in [0.2, 0.25) is 6.04 Å². The molecule has 150 valence electrons. The number of ether oxygens (including phenoxy) is 2. The highest BCUT2D eigenvalue weighted by Crippen LogP contribution is 2.39. The van der Waals surface area contributed by atoms with E-state index < -0.39 is 0 Å².